The second-order valence-electron chi connectivity index (χ2n) is 11.4. The van der Waals surface area contributed by atoms with Gasteiger partial charge in [0.15, 0.2) is 0 Å². The topological polar surface area (TPSA) is 794 Å². The molecule has 44 heteroatoms. The summed E-state index contributed by atoms with van der Waals surface area (Å²) < 4.78 is 0. The molecule has 0 saturated heterocycles. The predicted octanol–water partition coefficient (Wildman–Crippen LogP) is -23.2. The van der Waals surface area contributed by atoms with Crippen LogP contribution in [0.4, 0.5) is 0 Å². The van der Waals surface area contributed by atoms with Crippen molar-refractivity contribution in [2.45, 2.75) is 104 Å². The van der Waals surface area contributed by atoms with Crippen LogP contribution >= 0.6 is 0 Å². The van der Waals surface area contributed by atoms with E-state index in [0.29, 0.717) is 39.3 Å². The molecule has 0 aromatic rings. The summed E-state index contributed by atoms with van der Waals surface area (Å²) in [7, 11) is 0. The van der Waals surface area contributed by atoms with Crippen molar-refractivity contribution in [1.82, 2.24) is 16.0 Å². The van der Waals surface area contributed by atoms with Gasteiger partial charge >= 0.3 is 247 Å². The zero-order chi connectivity index (χ0) is 70.3. The number of carbonyl (C=O) groups excluding carboxylic acids is 15. The summed E-state index contributed by atoms with van der Waals surface area (Å²) in [5.74, 6) is -16.3. The third-order valence-corrected chi connectivity index (χ3v) is 1.93. The van der Waals surface area contributed by atoms with Crippen LogP contribution in [0.1, 0.15) is 104 Å². The average molecular weight is 1950 g/mol. The number of nitrogens with one attached hydrogen (secondary N) is 3. The Balaban J connectivity index is -0.0000000233. The van der Waals surface area contributed by atoms with Gasteiger partial charge in [-0.15, -0.1) is 0 Å². The number of hydrogen-bond donors (Lipinski definition) is 9. The molecule has 39 nitrogen and oxygen atoms in total. The molecule has 0 aliphatic rings. The first-order valence-corrected chi connectivity index (χ1v) is 21.2. The third-order valence-electron chi connectivity index (χ3n) is 1.93. The van der Waals surface area contributed by atoms with E-state index in [4.69, 9.17) is 183 Å². The van der Waals surface area contributed by atoms with Crippen LogP contribution in [0.25, 0.3) is 0 Å². The zero-order valence-electron chi connectivity index (χ0n) is 50.1. The van der Waals surface area contributed by atoms with Gasteiger partial charge in [-0.1, -0.05) is 0 Å². The van der Waals surface area contributed by atoms with Crippen LogP contribution in [-0.2, 0) is 71.9 Å². The molecule has 15 N–H and O–H groups in total. The van der Waals surface area contributed by atoms with Gasteiger partial charge in [-0.2, -0.15) is 0 Å². The summed E-state index contributed by atoms with van der Waals surface area (Å²) in [6.45, 7) is 24.0. The van der Waals surface area contributed by atoms with Gasteiger partial charge in [0.1, 0.15) is 0 Å². The van der Waals surface area contributed by atoms with Gasteiger partial charge in [0, 0.05) is 168 Å². The van der Waals surface area contributed by atoms with Gasteiger partial charge in [0.25, 0.3) is 0 Å². The van der Waals surface area contributed by atoms with Crippen molar-refractivity contribution in [3.05, 3.63) is 0 Å². The van der Waals surface area contributed by atoms with E-state index in [2.05, 4.69) is 16.0 Å². The Labute approximate surface area is 705 Å². The van der Waals surface area contributed by atoms with Gasteiger partial charge in [-0.05, 0) is 104 Å². The number of carboxylic acids is 15. The summed E-state index contributed by atoms with van der Waals surface area (Å²) in [5.41, 5.74) is 31.0. The molecular formula is C42H84Eu5N9O30. The van der Waals surface area contributed by atoms with Crippen molar-refractivity contribution in [2.24, 2.45) is 34.4 Å². The van der Waals surface area contributed by atoms with Crippen LogP contribution in [0.3, 0.4) is 0 Å². The minimum atomic E-state index is -1.08. The van der Waals surface area contributed by atoms with Gasteiger partial charge < -0.3 is 199 Å². The van der Waals surface area contributed by atoms with Crippen LogP contribution in [0.5, 0.6) is 0 Å². The van der Waals surface area contributed by atoms with Crippen molar-refractivity contribution in [3.63, 3.8) is 0 Å². The molecule has 0 rings (SSSR count). The summed E-state index contributed by atoms with van der Waals surface area (Å²) in [6.07, 6.45) is 0. The van der Waals surface area contributed by atoms with Gasteiger partial charge in [-0.25, -0.2) is 0 Å². The van der Waals surface area contributed by atoms with Crippen LogP contribution in [-0.4, -0.2) is 168 Å². The van der Waals surface area contributed by atoms with Crippen molar-refractivity contribution in [3.8, 4) is 0 Å². The molecule has 0 bridgehead atoms. The second-order valence-corrected chi connectivity index (χ2v) is 11.4. The van der Waals surface area contributed by atoms with Gasteiger partial charge in [-0.3, -0.25) is 0 Å². The summed E-state index contributed by atoms with van der Waals surface area (Å²) in [4.78, 5) is 133. The maximum absolute atomic E-state index is 8.89. The Morgan fingerprint density at radius 1 is 0.186 bits per heavy atom. The van der Waals surface area contributed by atoms with Crippen LogP contribution in [0, 0.1) is 247 Å². The number of carbonyl (C=O) groups is 15. The first-order chi connectivity index (χ1) is 36.2. The zero-order valence-corrected chi connectivity index (χ0v) is 62.2. The van der Waals surface area contributed by atoms with Crippen LogP contribution < -0.4 is 127 Å². The van der Waals surface area contributed by atoms with E-state index in [9.17, 15) is 0 Å². The Bertz CT molecular complexity index is 1040. The predicted molar refractivity (Wildman–Crippen MR) is 253 cm³/mol. The molecule has 86 heavy (non-hydrogen) atoms. The molecule has 0 aliphatic heterocycles. The molecule has 512 valence electrons. The molecule has 0 amide bonds. The SMILES string of the molecule is CC(=O)[O-].CC(=O)[O-].CC(=O)[O-].CC(=O)[O-].CC(=O)[O-].CC(=O)[O-].CC(=O)[O-].CC(=O)[O-].CC(=O)[O-].CC(=O)[O-].CC(=O)[O-].CC(=O)[O-].CC(=O)[O-].CC(=O)[O-].CC(=O)[O-].NCCNCCN.NCCNCCN.NCCNCCN.[Eu+3].[Eu+3].[Eu+3].[Eu+3].[Eu+3]. The van der Waals surface area contributed by atoms with E-state index in [1.807, 2.05) is 0 Å². The number of hydrogen-bond acceptors (Lipinski definition) is 39. The van der Waals surface area contributed by atoms with E-state index < -0.39 is 89.5 Å². The van der Waals surface area contributed by atoms with Crippen LogP contribution in [0.2, 0.25) is 0 Å². The summed E-state index contributed by atoms with van der Waals surface area (Å²) in [5, 5.41) is 142. The molecule has 0 spiro atoms. The average Bonchev–Trinajstić information content (AvgIpc) is 3.16. The molecule has 0 atom stereocenters. The molecule has 0 aliphatic carbocycles. The Morgan fingerprint density at radius 2 is 0.221 bits per heavy atom. The standard InChI is InChI=1S/3C4H13N3.15C2H4O2.5Eu/c3*5-1-3-7-4-2-6;15*1-2(3)4;;;;;/h3*7H,1-6H2;15*1H3,(H,3,4);;;;;/q;;;;;;;;;;;;;;;;;;5*+3/p-15. The molecule has 0 unspecified atom stereocenters. The van der Waals surface area contributed by atoms with E-state index in [0.717, 1.165) is 143 Å². The monoisotopic (exact) mass is 1960 g/mol. The normalized spacial score (nSPS) is 6.66. The van der Waals surface area contributed by atoms with Crippen molar-refractivity contribution < 1.29 is 395 Å². The largest absolute Gasteiger partial charge is 3.00 e. The summed E-state index contributed by atoms with van der Waals surface area (Å²) in [6, 6.07) is 0. The van der Waals surface area contributed by atoms with Gasteiger partial charge in [0.05, 0.1) is 0 Å². The van der Waals surface area contributed by atoms with Gasteiger partial charge in [0.2, 0.25) is 0 Å². The maximum Gasteiger partial charge on any atom is 3.00 e. The molecule has 0 aromatic heterocycles. The Hall–Kier alpha value is -0.388. The fourth-order valence-corrected chi connectivity index (χ4v) is 0.987. The minimum absolute atomic E-state index is 0. The Kier molecular flexibility index (Phi) is 303. The minimum Gasteiger partial charge on any atom is -0.550 e. The number of aliphatic carboxylic acids is 15. The fourth-order valence-electron chi connectivity index (χ4n) is 0.987. The molecule has 0 saturated carbocycles. The molecule has 0 heterocycles. The van der Waals surface area contributed by atoms with E-state index in [-0.39, 0.29) is 247 Å². The Morgan fingerprint density at radius 3 is 0.244 bits per heavy atom. The molecule has 0 aromatic carbocycles. The van der Waals surface area contributed by atoms with E-state index >= 15 is 0 Å². The fraction of sp³-hybridized carbons (Fsp3) is 0.643. The maximum atomic E-state index is 8.89. The number of nitrogens with two attached hydrogens (primary N) is 6. The molecular weight excluding hydrogens is 1870 g/mol. The van der Waals surface area contributed by atoms with Crippen LogP contribution in [0.15, 0.2) is 0 Å². The van der Waals surface area contributed by atoms with Crippen molar-refractivity contribution in [2.75, 3.05) is 78.5 Å². The number of rotatable bonds is 12. The van der Waals surface area contributed by atoms with Crippen molar-refractivity contribution in [1.29, 1.82) is 0 Å². The smallest absolute Gasteiger partial charge is 0.550 e. The summed E-state index contributed by atoms with van der Waals surface area (Å²) >= 11 is 0. The van der Waals surface area contributed by atoms with E-state index in [1.165, 1.54) is 0 Å². The second kappa shape index (κ2) is 166. The first kappa shape index (κ1) is 156. The number of carboxylic acid groups (broad SMARTS) is 15. The third kappa shape index (κ3) is 4230. The van der Waals surface area contributed by atoms with Crippen molar-refractivity contribution >= 4 is 89.5 Å². The first-order valence-electron chi connectivity index (χ1n) is 21.2. The molecule has 0 radical (unpaired) electrons. The van der Waals surface area contributed by atoms with E-state index in [1.54, 1.807) is 0 Å². The molecule has 0 fully saturated rings. The quantitative estimate of drug-likeness (QED) is 0.0819.